The summed E-state index contributed by atoms with van der Waals surface area (Å²) in [6, 6.07) is 4.34. The number of rotatable bonds is 7. The van der Waals surface area contributed by atoms with Crippen molar-refractivity contribution in [2.24, 2.45) is 9.68 Å². The predicted octanol–water partition coefficient (Wildman–Crippen LogP) is 1.30. The molecule has 1 unspecified atom stereocenters. The van der Waals surface area contributed by atoms with Crippen molar-refractivity contribution >= 4 is 21.4 Å². The second kappa shape index (κ2) is 7.88. The number of oxime groups is 1. The second-order valence-corrected chi connectivity index (χ2v) is 8.48. The van der Waals surface area contributed by atoms with E-state index in [2.05, 4.69) is 35.5 Å². The van der Waals surface area contributed by atoms with Gasteiger partial charge in [-0.3, -0.25) is 0 Å². The molecule has 0 saturated heterocycles. The standard InChI is InChI=1S/C15H19FN6O4S/c1-25-22-27(2,24)6-5-17-14-13(20-26-21-14)15(19-23)18-12-7-9-3-4-10(16)8-11(9)12/h3-4,8,12,23H,5-7H2,1-2H3,(H,17,21)(H,18,19)/t12-,27?/m0/s1. The number of amidine groups is 1. The van der Waals surface area contributed by atoms with E-state index in [9.17, 15) is 13.8 Å². The van der Waals surface area contributed by atoms with Crippen LogP contribution in [0.2, 0.25) is 0 Å². The minimum absolute atomic E-state index is 0.0254. The normalized spacial score (nSPS) is 18.2. The summed E-state index contributed by atoms with van der Waals surface area (Å²) in [6.45, 7) is 0.250. The fourth-order valence-electron chi connectivity index (χ4n) is 2.73. The van der Waals surface area contributed by atoms with Crippen molar-refractivity contribution in [1.29, 1.82) is 0 Å². The van der Waals surface area contributed by atoms with E-state index < -0.39 is 9.73 Å². The zero-order chi connectivity index (χ0) is 19.4. The molecule has 12 heteroatoms. The van der Waals surface area contributed by atoms with Gasteiger partial charge in [0.15, 0.2) is 11.5 Å². The first-order valence-corrected chi connectivity index (χ1v) is 10.1. The lowest BCUT2D eigenvalue weighted by Crippen LogP contribution is -2.37. The van der Waals surface area contributed by atoms with Gasteiger partial charge in [-0.05, 0) is 40.0 Å². The summed E-state index contributed by atoms with van der Waals surface area (Å²) >= 11 is 0. The lowest BCUT2D eigenvalue weighted by atomic mass is 9.83. The van der Waals surface area contributed by atoms with Crippen molar-refractivity contribution in [3.63, 3.8) is 0 Å². The van der Waals surface area contributed by atoms with Crippen LogP contribution >= 0.6 is 0 Å². The van der Waals surface area contributed by atoms with Gasteiger partial charge in [0.05, 0.1) is 28.6 Å². The molecule has 1 aliphatic rings. The van der Waals surface area contributed by atoms with Crippen LogP contribution in [-0.4, -0.2) is 51.2 Å². The summed E-state index contributed by atoms with van der Waals surface area (Å²) in [5.41, 5.74) is 1.95. The molecule has 1 heterocycles. The fourth-order valence-corrected chi connectivity index (χ4v) is 3.60. The van der Waals surface area contributed by atoms with Gasteiger partial charge in [-0.2, -0.15) is 0 Å². The summed E-state index contributed by atoms with van der Waals surface area (Å²) in [5.74, 6) is 0.0959. The minimum atomic E-state index is -2.49. The molecule has 2 aromatic rings. The molecule has 0 fully saturated rings. The summed E-state index contributed by atoms with van der Waals surface area (Å²) < 4.78 is 33.7. The number of aromatic nitrogens is 2. The molecule has 3 N–H and O–H groups in total. The Morgan fingerprint density at radius 1 is 1.52 bits per heavy atom. The molecular weight excluding hydrogens is 379 g/mol. The molecule has 10 nitrogen and oxygen atoms in total. The quantitative estimate of drug-likeness (QED) is 0.275. The van der Waals surface area contributed by atoms with Gasteiger partial charge in [0.1, 0.15) is 5.82 Å². The Labute approximate surface area is 154 Å². The highest BCUT2D eigenvalue weighted by Gasteiger charge is 2.29. The summed E-state index contributed by atoms with van der Waals surface area (Å²) in [6.07, 6.45) is 2.12. The Bertz CT molecular complexity index is 969. The fraction of sp³-hybridized carbons (Fsp3) is 0.400. The first-order valence-electron chi connectivity index (χ1n) is 7.99. The zero-order valence-electron chi connectivity index (χ0n) is 14.7. The van der Waals surface area contributed by atoms with Crippen molar-refractivity contribution in [1.82, 2.24) is 15.6 Å². The van der Waals surface area contributed by atoms with Gasteiger partial charge < -0.3 is 15.8 Å². The van der Waals surface area contributed by atoms with Crippen molar-refractivity contribution in [2.45, 2.75) is 12.5 Å². The highest BCUT2D eigenvalue weighted by molar-refractivity contribution is 7.92. The van der Waals surface area contributed by atoms with Crippen LogP contribution in [0.4, 0.5) is 10.2 Å². The highest BCUT2D eigenvalue weighted by atomic mass is 32.2. The summed E-state index contributed by atoms with van der Waals surface area (Å²) in [7, 11) is -1.16. The van der Waals surface area contributed by atoms with E-state index >= 15 is 0 Å². The van der Waals surface area contributed by atoms with Gasteiger partial charge in [0.2, 0.25) is 5.82 Å². The van der Waals surface area contributed by atoms with Crippen LogP contribution in [0.5, 0.6) is 0 Å². The molecule has 0 amide bonds. The van der Waals surface area contributed by atoms with Gasteiger partial charge in [-0.15, -0.1) is 0 Å². The molecule has 1 aliphatic carbocycles. The molecule has 3 rings (SSSR count). The molecular formula is C15H19FN6O4S. The molecule has 0 bridgehead atoms. The third-order valence-corrected chi connectivity index (χ3v) is 5.46. The van der Waals surface area contributed by atoms with Crippen LogP contribution < -0.4 is 10.6 Å². The first-order chi connectivity index (χ1) is 12.9. The largest absolute Gasteiger partial charge is 0.409 e. The number of benzene rings is 1. The van der Waals surface area contributed by atoms with Crippen molar-refractivity contribution in [3.05, 3.63) is 40.8 Å². The van der Waals surface area contributed by atoms with Crippen molar-refractivity contribution < 1.29 is 23.3 Å². The van der Waals surface area contributed by atoms with E-state index in [4.69, 9.17) is 4.63 Å². The number of nitrogens with one attached hydrogen (secondary N) is 2. The number of anilines is 1. The third kappa shape index (κ3) is 4.34. The van der Waals surface area contributed by atoms with Crippen molar-refractivity contribution in [3.8, 4) is 0 Å². The van der Waals surface area contributed by atoms with Crippen molar-refractivity contribution in [2.75, 3.05) is 31.0 Å². The highest BCUT2D eigenvalue weighted by Crippen LogP contribution is 2.33. The Balaban J connectivity index is 1.67. The van der Waals surface area contributed by atoms with E-state index in [1.54, 1.807) is 6.07 Å². The maximum atomic E-state index is 13.4. The van der Waals surface area contributed by atoms with Gasteiger partial charge in [0, 0.05) is 12.8 Å². The Morgan fingerprint density at radius 2 is 2.33 bits per heavy atom. The average molecular weight is 398 g/mol. The number of fused-ring (bicyclic) bond motifs is 1. The maximum Gasteiger partial charge on any atom is 0.202 e. The van der Waals surface area contributed by atoms with Crippen LogP contribution in [0.1, 0.15) is 22.9 Å². The number of hydrogen-bond donors (Lipinski definition) is 3. The molecule has 0 spiro atoms. The molecule has 27 heavy (non-hydrogen) atoms. The molecule has 146 valence electrons. The van der Waals surface area contributed by atoms with E-state index in [0.29, 0.717) is 6.42 Å². The van der Waals surface area contributed by atoms with Crippen LogP contribution in [0, 0.1) is 5.82 Å². The lowest BCUT2D eigenvalue weighted by molar-refractivity contribution is 0.218. The van der Waals surface area contributed by atoms with Gasteiger partial charge in [-0.25, -0.2) is 18.1 Å². The predicted molar refractivity (Wildman–Crippen MR) is 95.5 cm³/mol. The smallest absolute Gasteiger partial charge is 0.202 e. The SMILES string of the molecule is CON=S(C)(=O)CCNc1nonc1/C(=N/O)N[C@H]1Cc2ccc(F)cc21. The molecule has 0 saturated carbocycles. The van der Waals surface area contributed by atoms with E-state index in [1.807, 2.05) is 0 Å². The molecule has 0 aliphatic heterocycles. The third-order valence-electron chi connectivity index (χ3n) is 4.04. The summed E-state index contributed by atoms with van der Waals surface area (Å²) in [5, 5.41) is 25.9. The number of halogens is 1. The van der Waals surface area contributed by atoms with E-state index in [1.165, 1.54) is 25.5 Å². The average Bonchev–Trinajstić information content (AvgIpc) is 3.06. The molecule has 0 radical (unpaired) electrons. The lowest BCUT2D eigenvalue weighted by Gasteiger charge is -2.31. The van der Waals surface area contributed by atoms with Gasteiger partial charge in [-0.1, -0.05) is 15.7 Å². The van der Waals surface area contributed by atoms with E-state index in [0.717, 1.165) is 11.1 Å². The Hall–Kier alpha value is -2.73. The minimum Gasteiger partial charge on any atom is -0.409 e. The van der Waals surface area contributed by atoms with E-state index in [-0.39, 0.29) is 41.5 Å². The Kier molecular flexibility index (Phi) is 5.56. The van der Waals surface area contributed by atoms with Crippen LogP contribution in [0.15, 0.2) is 32.5 Å². The van der Waals surface area contributed by atoms with Crippen LogP contribution in [-0.2, 0) is 21.0 Å². The van der Waals surface area contributed by atoms with Gasteiger partial charge in [0.25, 0.3) is 0 Å². The molecule has 2 atom stereocenters. The topological polar surface area (TPSA) is 134 Å². The maximum absolute atomic E-state index is 13.4. The zero-order valence-corrected chi connectivity index (χ0v) is 15.5. The molecule has 1 aromatic heterocycles. The second-order valence-electron chi connectivity index (χ2n) is 6.00. The van der Waals surface area contributed by atoms with Crippen LogP contribution in [0.25, 0.3) is 0 Å². The summed E-state index contributed by atoms with van der Waals surface area (Å²) in [4.78, 5) is 4.56. The number of hydrogen-bond acceptors (Lipinski definition) is 9. The Morgan fingerprint density at radius 3 is 3.07 bits per heavy atom. The number of nitrogens with zero attached hydrogens (tertiary/aromatic N) is 4. The monoisotopic (exact) mass is 398 g/mol. The molecule has 1 aromatic carbocycles. The van der Waals surface area contributed by atoms with Crippen LogP contribution in [0.3, 0.4) is 0 Å². The van der Waals surface area contributed by atoms with Gasteiger partial charge >= 0.3 is 0 Å². The first kappa shape index (κ1) is 19.0.